The van der Waals surface area contributed by atoms with Crippen LogP contribution in [0.4, 0.5) is 0 Å². The molecular formula is C18H20N2O3. The van der Waals surface area contributed by atoms with Gasteiger partial charge in [-0.05, 0) is 37.5 Å². The van der Waals surface area contributed by atoms with Gasteiger partial charge in [-0.1, -0.05) is 30.3 Å². The molecule has 1 atom stereocenters. The van der Waals surface area contributed by atoms with Crippen molar-refractivity contribution >= 4 is 11.9 Å². The molecule has 2 aromatic rings. The Morgan fingerprint density at radius 3 is 2.52 bits per heavy atom. The zero-order valence-corrected chi connectivity index (χ0v) is 13.1. The van der Waals surface area contributed by atoms with Crippen molar-refractivity contribution in [2.45, 2.75) is 25.8 Å². The van der Waals surface area contributed by atoms with Crippen LogP contribution in [0.5, 0.6) is 0 Å². The minimum Gasteiger partial charge on any atom is -0.452 e. The Morgan fingerprint density at radius 2 is 1.83 bits per heavy atom. The predicted octanol–water partition coefficient (Wildman–Crippen LogP) is 2.38. The minimum atomic E-state index is -0.528. The second kappa shape index (κ2) is 8.68. The average molecular weight is 312 g/mol. The lowest BCUT2D eigenvalue weighted by Crippen LogP contribution is -2.36. The Bertz CT molecular complexity index is 629. The molecule has 0 fully saturated rings. The second-order valence-electron chi connectivity index (χ2n) is 5.30. The fourth-order valence-electron chi connectivity index (χ4n) is 2.12. The molecule has 0 saturated carbocycles. The number of benzene rings is 1. The van der Waals surface area contributed by atoms with Crippen molar-refractivity contribution < 1.29 is 14.3 Å². The molecule has 1 aromatic carbocycles. The number of pyridine rings is 1. The van der Waals surface area contributed by atoms with Crippen LogP contribution in [0.1, 0.15) is 29.3 Å². The molecule has 0 bridgehead atoms. The molecule has 1 aromatic heterocycles. The molecule has 0 radical (unpaired) electrons. The van der Waals surface area contributed by atoms with Crippen LogP contribution in [0, 0.1) is 0 Å². The highest BCUT2D eigenvalue weighted by Crippen LogP contribution is 2.05. The van der Waals surface area contributed by atoms with Gasteiger partial charge in [0, 0.05) is 18.4 Å². The Balaban J connectivity index is 1.69. The number of ether oxygens (including phenoxy) is 1. The van der Waals surface area contributed by atoms with Crippen molar-refractivity contribution in [2.75, 3.05) is 6.61 Å². The molecule has 0 aliphatic rings. The molecule has 23 heavy (non-hydrogen) atoms. The van der Waals surface area contributed by atoms with Crippen molar-refractivity contribution in [1.29, 1.82) is 0 Å². The van der Waals surface area contributed by atoms with E-state index in [9.17, 15) is 9.59 Å². The fourth-order valence-corrected chi connectivity index (χ4v) is 2.12. The van der Waals surface area contributed by atoms with E-state index in [-0.39, 0.29) is 18.6 Å². The monoisotopic (exact) mass is 312 g/mol. The smallest absolute Gasteiger partial charge is 0.338 e. The van der Waals surface area contributed by atoms with Gasteiger partial charge < -0.3 is 10.1 Å². The van der Waals surface area contributed by atoms with E-state index in [1.165, 1.54) is 18.0 Å². The zero-order chi connectivity index (χ0) is 16.5. The van der Waals surface area contributed by atoms with E-state index in [1.807, 2.05) is 25.1 Å². The maximum absolute atomic E-state index is 11.8. The maximum atomic E-state index is 11.8. The zero-order valence-electron chi connectivity index (χ0n) is 13.1. The summed E-state index contributed by atoms with van der Waals surface area (Å²) in [5.74, 6) is -0.826. The molecule has 0 aliphatic heterocycles. The number of rotatable bonds is 7. The quantitative estimate of drug-likeness (QED) is 0.797. The van der Waals surface area contributed by atoms with Gasteiger partial charge in [0.1, 0.15) is 0 Å². The largest absolute Gasteiger partial charge is 0.452 e. The van der Waals surface area contributed by atoms with E-state index < -0.39 is 5.97 Å². The van der Waals surface area contributed by atoms with Gasteiger partial charge in [-0.3, -0.25) is 9.78 Å². The lowest BCUT2D eigenvalue weighted by Gasteiger charge is -2.14. The first-order chi connectivity index (χ1) is 11.1. The lowest BCUT2D eigenvalue weighted by atomic mass is 10.1. The van der Waals surface area contributed by atoms with E-state index in [0.29, 0.717) is 5.56 Å². The van der Waals surface area contributed by atoms with Crippen LogP contribution in [-0.4, -0.2) is 29.5 Å². The van der Waals surface area contributed by atoms with Crippen molar-refractivity contribution in [3.63, 3.8) is 0 Å². The van der Waals surface area contributed by atoms with Gasteiger partial charge in [0.25, 0.3) is 5.91 Å². The molecule has 0 saturated heterocycles. The number of carbonyl (C=O) groups excluding carboxylic acids is 2. The van der Waals surface area contributed by atoms with Crippen molar-refractivity contribution in [3.8, 4) is 0 Å². The highest BCUT2D eigenvalue weighted by atomic mass is 16.5. The third kappa shape index (κ3) is 5.90. The third-order valence-electron chi connectivity index (χ3n) is 3.37. The highest BCUT2D eigenvalue weighted by Gasteiger charge is 2.12. The summed E-state index contributed by atoms with van der Waals surface area (Å²) in [6.07, 6.45) is 4.72. The summed E-state index contributed by atoms with van der Waals surface area (Å²) >= 11 is 0. The molecule has 0 spiro atoms. The summed E-state index contributed by atoms with van der Waals surface area (Å²) in [6, 6.07) is 13.2. The van der Waals surface area contributed by atoms with Gasteiger partial charge in [0.2, 0.25) is 0 Å². The second-order valence-corrected chi connectivity index (χ2v) is 5.30. The Hall–Kier alpha value is -2.69. The standard InChI is InChI=1S/C18H20N2O3/c1-14(7-8-15-5-3-2-4-6-15)20-17(21)13-23-18(22)16-9-11-19-12-10-16/h2-6,9-12,14H,7-8,13H2,1H3,(H,20,21)/t14-/m0/s1. The first-order valence-corrected chi connectivity index (χ1v) is 7.55. The Kier molecular flexibility index (Phi) is 6.29. The van der Waals surface area contributed by atoms with E-state index in [4.69, 9.17) is 4.74 Å². The summed E-state index contributed by atoms with van der Waals surface area (Å²) in [4.78, 5) is 27.3. The summed E-state index contributed by atoms with van der Waals surface area (Å²) < 4.78 is 4.97. The van der Waals surface area contributed by atoms with Gasteiger partial charge >= 0.3 is 5.97 Å². The number of hydrogen-bond donors (Lipinski definition) is 1. The number of esters is 1. The number of amides is 1. The molecule has 0 aliphatic carbocycles. The van der Waals surface area contributed by atoms with Crippen molar-refractivity contribution in [3.05, 3.63) is 66.0 Å². The Labute approximate surface area is 135 Å². The summed E-state index contributed by atoms with van der Waals surface area (Å²) in [5.41, 5.74) is 1.61. The van der Waals surface area contributed by atoms with Crippen LogP contribution in [0.25, 0.3) is 0 Å². The van der Waals surface area contributed by atoms with Crippen LogP contribution >= 0.6 is 0 Å². The highest BCUT2D eigenvalue weighted by molar-refractivity contribution is 5.91. The summed E-state index contributed by atoms with van der Waals surface area (Å²) in [5, 5.41) is 2.83. The number of nitrogens with one attached hydrogen (secondary N) is 1. The summed E-state index contributed by atoms with van der Waals surface area (Å²) in [6.45, 7) is 1.66. The first kappa shape index (κ1) is 16.7. The number of aromatic nitrogens is 1. The number of carbonyl (C=O) groups is 2. The third-order valence-corrected chi connectivity index (χ3v) is 3.37. The molecule has 1 amide bonds. The molecule has 1 heterocycles. The van der Waals surface area contributed by atoms with E-state index >= 15 is 0 Å². The van der Waals surface area contributed by atoms with Gasteiger partial charge in [-0.15, -0.1) is 0 Å². The van der Waals surface area contributed by atoms with E-state index in [0.717, 1.165) is 12.8 Å². The lowest BCUT2D eigenvalue weighted by molar-refractivity contribution is -0.124. The topological polar surface area (TPSA) is 68.3 Å². The molecule has 2 rings (SSSR count). The first-order valence-electron chi connectivity index (χ1n) is 7.55. The van der Waals surface area contributed by atoms with Crippen LogP contribution in [0.2, 0.25) is 0 Å². The van der Waals surface area contributed by atoms with E-state index in [1.54, 1.807) is 12.1 Å². The van der Waals surface area contributed by atoms with Crippen molar-refractivity contribution in [2.24, 2.45) is 0 Å². The Morgan fingerprint density at radius 1 is 1.13 bits per heavy atom. The minimum absolute atomic E-state index is 0.0160. The molecule has 1 N–H and O–H groups in total. The van der Waals surface area contributed by atoms with Gasteiger partial charge in [-0.2, -0.15) is 0 Å². The number of aryl methyl sites for hydroxylation is 1. The van der Waals surface area contributed by atoms with Crippen LogP contribution in [0.3, 0.4) is 0 Å². The van der Waals surface area contributed by atoms with E-state index in [2.05, 4.69) is 22.4 Å². The van der Waals surface area contributed by atoms with Gasteiger partial charge in [-0.25, -0.2) is 4.79 Å². The number of nitrogens with zero attached hydrogens (tertiary/aromatic N) is 1. The summed E-state index contributed by atoms with van der Waals surface area (Å²) in [7, 11) is 0. The molecule has 0 unspecified atom stereocenters. The number of hydrogen-bond acceptors (Lipinski definition) is 4. The maximum Gasteiger partial charge on any atom is 0.338 e. The molecule has 120 valence electrons. The molecule has 5 nitrogen and oxygen atoms in total. The fraction of sp³-hybridized carbons (Fsp3) is 0.278. The molecule has 5 heteroatoms. The normalized spacial score (nSPS) is 11.5. The molecular weight excluding hydrogens is 292 g/mol. The van der Waals surface area contributed by atoms with Gasteiger partial charge in [0.15, 0.2) is 6.61 Å². The van der Waals surface area contributed by atoms with Crippen LogP contribution in [-0.2, 0) is 16.0 Å². The van der Waals surface area contributed by atoms with Crippen molar-refractivity contribution in [1.82, 2.24) is 10.3 Å². The SMILES string of the molecule is C[C@@H](CCc1ccccc1)NC(=O)COC(=O)c1ccncc1. The van der Waals surface area contributed by atoms with Crippen LogP contribution in [0.15, 0.2) is 54.9 Å². The van der Waals surface area contributed by atoms with Gasteiger partial charge in [0.05, 0.1) is 5.56 Å². The predicted molar refractivity (Wildman–Crippen MR) is 86.9 cm³/mol. The average Bonchev–Trinajstić information content (AvgIpc) is 2.59. The van der Waals surface area contributed by atoms with Crippen LogP contribution < -0.4 is 5.32 Å².